The normalized spacial score (nSPS) is 11.1. The Bertz CT molecular complexity index is 844. The number of anilines is 1. The van der Waals surface area contributed by atoms with Crippen LogP contribution in [-0.4, -0.2) is 60.8 Å². The fourth-order valence-electron chi connectivity index (χ4n) is 2.94. The van der Waals surface area contributed by atoms with E-state index < -0.39 is 0 Å². The van der Waals surface area contributed by atoms with E-state index >= 15 is 0 Å². The number of hydrogen-bond donors (Lipinski definition) is 2. The molecule has 1 aromatic heterocycles. The Morgan fingerprint density at radius 1 is 1.10 bits per heavy atom. The lowest BCUT2D eigenvalue weighted by Gasteiger charge is -2.25. The Morgan fingerprint density at radius 2 is 1.87 bits per heavy atom. The third kappa shape index (κ3) is 6.65. The van der Waals surface area contributed by atoms with E-state index in [0.717, 1.165) is 5.56 Å². The molecule has 0 aliphatic carbocycles. The molecule has 2 amide bonds. The zero-order valence-corrected chi connectivity index (χ0v) is 18.1. The second-order valence-electron chi connectivity index (χ2n) is 6.72. The summed E-state index contributed by atoms with van der Waals surface area (Å²) in [6.45, 7) is 8.67. The van der Waals surface area contributed by atoms with E-state index in [4.69, 9.17) is 4.42 Å². The molecule has 2 aromatic rings. The molecule has 0 atom stereocenters. The maximum atomic E-state index is 12.4. The average Bonchev–Trinajstić information content (AvgIpc) is 3.27. The minimum absolute atomic E-state index is 0.0655. The molecule has 0 bridgehead atoms. The Labute approximate surface area is 177 Å². The fraction of sp³-hybridized carbons (Fsp3) is 0.409. The highest BCUT2D eigenvalue weighted by Gasteiger charge is 2.15. The van der Waals surface area contributed by atoms with Crippen LogP contribution < -0.4 is 10.6 Å². The predicted molar refractivity (Wildman–Crippen MR) is 118 cm³/mol. The van der Waals surface area contributed by atoms with E-state index in [1.807, 2.05) is 57.0 Å². The summed E-state index contributed by atoms with van der Waals surface area (Å²) >= 11 is 0. The standard InChI is InChI=1S/C22H31N5O3/c1-5-23-22(26(4)16-20(28)27(6-2)7-3)24-15-17-10-8-11-18(14-17)25-21(29)19-12-9-13-30-19/h8-14H,5-7,15-16H2,1-4H3,(H,23,24)(H,25,29). The molecule has 0 aliphatic heterocycles. The number of aliphatic imine (C=N–C) groups is 1. The van der Waals surface area contributed by atoms with Crippen LogP contribution in [0.3, 0.4) is 0 Å². The van der Waals surface area contributed by atoms with Crippen LogP contribution in [0.15, 0.2) is 52.1 Å². The lowest BCUT2D eigenvalue weighted by Crippen LogP contribution is -2.45. The highest BCUT2D eigenvalue weighted by atomic mass is 16.3. The SMILES string of the molecule is CCNC(=NCc1cccc(NC(=O)c2ccco2)c1)N(C)CC(=O)N(CC)CC. The number of amides is 2. The maximum Gasteiger partial charge on any atom is 0.291 e. The molecule has 2 N–H and O–H groups in total. The molecule has 0 fully saturated rings. The van der Waals surface area contributed by atoms with Crippen molar-refractivity contribution in [1.29, 1.82) is 0 Å². The molecule has 162 valence electrons. The molecule has 0 saturated carbocycles. The number of benzene rings is 1. The number of rotatable bonds is 9. The summed E-state index contributed by atoms with van der Waals surface area (Å²) in [5.41, 5.74) is 1.60. The number of nitrogens with one attached hydrogen (secondary N) is 2. The first-order valence-corrected chi connectivity index (χ1v) is 10.2. The topological polar surface area (TPSA) is 90.2 Å². The van der Waals surface area contributed by atoms with Crippen LogP contribution in [0.5, 0.6) is 0 Å². The zero-order valence-electron chi connectivity index (χ0n) is 18.1. The van der Waals surface area contributed by atoms with Crippen LogP contribution in [0.4, 0.5) is 5.69 Å². The van der Waals surface area contributed by atoms with Gasteiger partial charge in [0.05, 0.1) is 19.4 Å². The highest BCUT2D eigenvalue weighted by molar-refractivity contribution is 6.02. The first-order valence-electron chi connectivity index (χ1n) is 10.2. The molecule has 8 nitrogen and oxygen atoms in total. The molecule has 30 heavy (non-hydrogen) atoms. The van der Waals surface area contributed by atoms with Gasteiger partial charge in [-0.3, -0.25) is 9.59 Å². The lowest BCUT2D eigenvalue weighted by atomic mass is 10.2. The number of carbonyl (C=O) groups is 2. The van der Waals surface area contributed by atoms with Crippen LogP contribution in [0.2, 0.25) is 0 Å². The van der Waals surface area contributed by atoms with Crippen LogP contribution in [0.25, 0.3) is 0 Å². The molecule has 0 radical (unpaired) electrons. The minimum Gasteiger partial charge on any atom is -0.459 e. The van der Waals surface area contributed by atoms with Gasteiger partial charge in [-0.25, -0.2) is 4.99 Å². The maximum absolute atomic E-state index is 12.4. The van der Waals surface area contributed by atoms with Gasteiger partial charge in [-0.05, 0) is 50.6 Å². The largest absolute Gasteiger partial charge is 0.459 e. The molecule has 2 rings (SSSR count). The number of likely N-dealkylation sites (N-methyl/N-ethyl adjacent to an activating group) is 2. The van der Waals surface area contributed by atoms with Gasteiger partial charge >= 0.3 is 0 Å². The molecule has 0 saturated heterocycles. The number of carbonyl (C=O) groups excluding carboxylic acids is 2. The number of nitrogens with zero attached hydrogens (tertiary/aromatic N) is 3. The van der Waals surface area contributed by atoms with Crippen LogP contribution in [0, 0.1) is 0 Å². The van der Waals surface area contributed by atoms with E-state index in [0.29, 0.717) is 37.8 Å². The smallest absolute Gasteiger partial charge is 0.291 e. The fourth-order valence-corrected chi connectivity index (χ4v) is 2.94. The first-order chi connectivity index (χ1) is 14.5. The molecule has 0 aliphatic rings. The van der Waals surface area contributed by atoms with Crippen molar-refractivity contribution in [3.05, 3.63) is 54.0 Å². The summed E-state index contributed by atoms with van der Waals surface area (Å²) in [7, 11) is 1.85. The van der Waals surface area contributed by atoms with Gasteiger partial charge in [0.1, 0.15) is 0 Å². The van der Waals surface area contributed by atoms with Crippen LogP contribution >= 0.6 is 0 Å². The van der Waals surface area contributed by atoms with Crippen molar-refractivity contribution in [3.63, 3.8) is 0 Å². The van der Waals surface area contributed by atoms with E-state index in [9.17, 15) is 9.59 Å². The number of furan rings is 1. The van der Waals surface area contributed by atoms with Gasteiger partial charge in [-0.15, -0.1) is 0 Å². The van der Waals surface area contributed by atoms with E-state index in [2.05, 4.69) is 15.6 Å². The summed E-state index contributed by atoms with van der Waals surface area (Å²) in [4.78, 5) is 32.8. The Hall–Kier alpha value is -3.29. The molecular formula is C22H31N5O3. The van der Waals surface area contributed by atoms with Gasteiger partial charge in [-0.2, -0.15) is 0 Å². The van der Waals surface area contributed by atoms with Crippen molar-refractivity contribution >= 4 is 23.5 Å². The van der Waals surface area contributed by atoms with Crippen molar-refractivity contribution in [3.8, 4) is 0 Å². The third-order valence-electron chi connectivity index (χ3n) is 4.53. The molecule has 1 aromatic carbocycles. The number of hydrogen-bond acceptors (Lipinski definition) is 4. The quantitative estimate of drug-likeness (QED) is 0.487. The summed E-state index contributed by atoms with van der Waals surface area (Å²) in [5.74, 6) is 0.676. The summed E-state index contributed by atoms with van der Waals surface area (Å²) < 4.78 is 5.12. The molecule has 8 heteroatoms. The van der Waals surface area contributed by atoms with E-state index in [-0.39, 0.29) is 24.1 Å². The third-order valence-corrected chi connectivity index (χ3v) is 4.53. The first kappa shape index (κ1) is 23.0. The molecule has 0 unspecified atom stereocenters. The summed E-state index contributed by atoms with van der Waals surface area (Å²) in [5, 5.41) is 6.04. The molecule has 1 heterocycles. The van der Waals surface area contributed by atoms with Gasteiger partial charge in [0.2, 0.25) is 5.91 Å². The van der Waals surface area contributed by atoms with E-state index in [1.54, 1.807) is 17.0 Å². The van der Waals surface area contributed by atoms with Crippen LogP contribution in [0.1, 0.15) is 36.9 Å². The minimum atomic E-state index is -0.302. The lowest BCUT2D eigenvalue weighted by molar-refractivity contribution is -0.131. The number of guanidine groups is 1. The van der Waals surface area contributed by atoms with Crippen molar-refractivity contribution in [2.45, 2.75) is 27.3 Å². The predicted octanol–water partition coefficient (Wildman–Crippen LogP) is 2.80. The monoisotopic (exact) mass is 413 g/mol. The molecular weight excluding hydrogens is 382 g/mol. The van der Waals surface area contributed by atoms with Crippen molar-refractivity contribution in [1.82, 2.24) is 15.1 Å². The van der Waals surface area contributed by atoms with Gasteiger partial charge in [0.15, 0.2) is 11.7 Å². The Kier molecular flexibility index (Phi) is 8.93. The van der Waals surface area contributed by atoms with Crippen molar-refractivity contribution < 1.29 is 14.0 Å². The van der Waals surface area contributed by atoms with E-state index in [1.165, 1.54) is 6.26 Å². The summed E-state index contributed by atoms with van der Waals surface area (Å²) in [6, 6.07) is 10.8. The van der Waals surface area contributed by atoms with Gasteiger partial charge in [-0.1, -0.05) is 12.1 Å². The van der Waals surface area contributed by atoms with Gasteiger partial charge in [0, 0.05) is 32.4 Å². The zero-order chi connectivity index (χ0) is 21.9. The van der Waals surface area contributed by atoms with Crippen LogP contribution in [-0.2, 0) is 11.3 Å². The molecule has 0 spiro atoms. The second-order valence-corrected chi connectivity index (χ2v) is 6.72. The Balaban J connectivity index is 2.04. The second kappa shape index (κ2) is 11.6. The van der Waals surface area contributed by atoms with Crippen molar-refractivity contribution in [2.24, 2.45) is 4.99 Å². The summed E-state index contributed by atoms with van der Waals surface area (Å²) in [6.07, 6.45) is 1.46. The highest BCUT2D eigenvalue weighted by Crippen LogP contribution is 2.13. The van der Waals surface area contributed by atoms with Gasteiger partial charge < -0.3 is 24.9 Å². The average molecular weight is 414 g/mol. The van der Waals surface area contributed by atoms with Crippen molar-refractivity contribution in [2.75, 3.05) is 38.5 Å². The Morgan fingerprint density at radius 3 is 2.50 bits per heavy atom. The van der Waals surface area contributed by atoms with Gasteiger partial charge in [0.25, 0.3) is 5.91 Å².